The molecule has 0 aliphatic carbocycles. The monoisotopic (exact) mass is 401 g/mol. The summed E-state index contributed by atoms with van der Waals surface area (Å²) >= 11 is 0. The normalized spacial score (nSPS) is 16.8. The van der Waals surface area contributed by atoms with Gasteiger partial charge >= 0.3 is 0 Å². The van der Waals surface area contributed by atoms with E-state index in [1.165, 1.54) is 0 Å². The summed E-state index contributed by atoms with van der Waals surface area (Å²) in [6.07, 6.45) is 1.02. The van der Waals surface area contributed by atoms with E-state index in [4.69, 9.17) is 4.74 Å². The molecule has 2 aromatic carbocycles. The lowest BCUT2D eigenvalue weighted by Crippen LogP contribution is -2.47. The molecule has 5 heteroatoms. The van der Waals surface area contributed by atoms with E-state index in [0.717, 1.165) is 30.8 Å². The number of carbonyl (C=O) groups is 1. The van der Waals surface area contributed by atoms with Gasteiger partial charge in [-0.25, -0.2) is 4.98 Å². The summed E-state index contributed by atoms with van der Waals surface area (Å²) in [5, 5.41) is 0. The Morgan fingerprint density at radius 2 is 1.63 bits per heavy atom. The molecule has 0 fully saturated rings. The molecule has 2 unspecified atom stereocenters. The Balaban J connectivity index is 1.82. The summed E-state index contributed by atoms with van der Waals surface area (Å²) in [7, 11) is 0. The highest BCUT2D eigenvalue weighted by molar-refractivity contribution is 6.00. The molecule has 1 aliphatic heterocycles. The fraction of sp³-hybridized carbons (Fsp3) is 0.280. The molecule has 4 rings (SSSR count). The van der Waals surface area contributed by atoms with Crippen molar-refractivity contribution in [2.24, 2.45) is 0 Å². The highest BCUT2D eigenvalue weighted by Crippen LogP contribution is 2.41. The van der Waals surface area contributed by atoms with E-state index in [9.17, 15) is 4.79 Å². The first-order valence-corrected chi connectivity index (χ1v) is 10.5. The molecular formula is C25H27N3O2. The Bertz CT molecular complexity index is 974. The van der Waals surface area contributed by atoms with E-state index < -0.39 is 6.10 Å². The van der Waals surface area contributed by atoms with E-state index in [2.05, 4.69) is 35.9 Å². The number of fused-ring (bicyclic) bond motifs is 1. The minimum absolute atomic E-state index is 0.0894. The van der Waals surface area contributed by atoms with Crippen LogP contribution in [0.5, 0.6) is 5.75 Å². The van der Waals surface area contributed by atoms with Gasteiger partial charge in [0.15, 0.2) is 11.6 Å². The maximum atomic E-state index is 13.8. The average molecular weight is 402 g/mol. The molecule has 154 valence electrons. The maximum Gasteiger partial charge on any atom is 0.274 e. The van der Waals surface area contributed by atoms with Crippen LogP contribution >= 0.6 is 0 Å². The summed E-state index contributed by atoms with van der Waals surface area (Å²) in [4.78, 5) is 22.5. The number of amides is 1. The highest BCUT2D eigenvalue weighted by atomic mass is 16.5. The van der Waals surface area contributed by atoms with Gasteiger partial charge in [-0.05, 0) is 30.8 Å². The zero-order chi connectivity index (χ0) is 20.9. The van der Waals surface area contributed by atoms with Crippen molar-refractivity contribution in [1.82, 2.24) is 9.88 Å². The standard InChI is InChI=1S/C25H27N3O2/c1-3-27(4-2)18-21(19-12-7-5-8-13-19)28-24-22(16-11-17-26-24)30-23(25(28)29)20-14-9-6-10-15-20/h5-17,21,23H,3-4,18H2,1-2H3. The number of hydrogen-bond donors (Lipinski definition) is 0. The van der Waals surface area contributed by atoms with Gasteiger partial charge in [0.05, 0.1) is 6.04 Å². The van der Waals surface area contributed by atoms with Crippen molar-refractivity contribution in [2.75, 3.05) is 24.5 Å². The van der Waals surface area contributed by atoms with E-state index >= 15 is 0 Å². The molecule has 0 N–H and O–H groups in total. The smallest absolute Gasteiger partial charge is 0.274 e. The fourth-order valence-electron chi connectivity index (χ4n) is 3.94. The number of benzene rings is 2. The van der Waals surface area contributed by atoms with Gasteiger partial charge in [0.1, 0.15) is 0 Å². The Hall–Kier alpha value is -3.18. The molecular weight excluding hydrogens is 374 g/mol. The van der Waals surface area contributed by atoms with Gasteiger partial charge in [-0.2, -0.15) is 0 Å². The van der Waals surface area contributed by atoms with E-state index in [1.54, 1.807) is 6.20 Å². The van der Waals surface area contributed by atoms with Crippen LogP contribution in [0.15, 0.2) is 79.0 Å². The van der Waals surface area contributed by atoms with Crippen LogP contribution in [0.2, 0.25) is 0 Å². The second-order valence-corrected chi connectivity index (χ2v) is 7.35. The van der Waals surface area contributed by atoms with Gasteiger partial charge in [-0.3, -0.25) is 9.69 Å². The largest absolute Gasteiger partial charge is 0.472 e. The first-order chi connectivity index (χ1) is 14.7. The Kier molecular flexibility index (Phi) is 6.10. The number of carbonyl (C=O) groups excluding carboxylic acids is 1. The minimum atomic E-state index is -0.689. The molecule has 1 amide bonds. The number of pyridine rings is 1. The lowest BCUT2D eigenvalue weighted by atomic mass is 10.00. The number of hydrogen-bond acceptors (Lipinski definition) is 4. The Labute approximate surface area is 177 Å². The maximum absolute atomic E-state index is 13.8. The van der Waals surface area contributed by atoms with Crippen molar-refractivity contribution in [3.63, 3.8) is 0 Å². The van der Waals surface area contributed by atoms with Crippen LogP contribution in [0.4, 0.5) is 5.82 Å². The summed E-state index contributed by atoms with van der Waals surface area (Å²) < 4.78 is 6.14. The third kappa shape index (κ3) is 3.94. The van der Waals surface area contributed by atoms with Crippen LogP contribution in [-0.2, 0) is 4.79 Å². The van der Waals surface area contributed by atoms with Gasteiger partial charge < -0.3 is 9.64 Å². The number of ether oxygens (including phenoxy) is 1. The quantitative estimate of drug-likeness (QED) is 0.579. The van der Waals surface area contributed by atoms with Crippen LogP contribution < -0.4 is 9.64 Å². The van der Waals surface area contributed by atoms with Gasteiger partial charge in [-0.15, -0.1) is 0 Å². The van der Waals surface area contributed by atoms with Crippen LogP contribution in [-0.4, -0.2) is 35.4 Å². The molecule has 2 heterocycles. The number of rotatable bonds is 7. The number of likely N-dealkylation sites (N-methyl/N-ethyl adjacent to an activating group) is 1. The molecule has 0 radical (unpaired) electrons. The Morgan fingerprint density at radius 3 is 2.30 bits per heavy atom. The lowest BCUT2D eigenvalue weighted by Gasteiger charge is -2.40. The minimum Gasteiger partial charge on any atom is -0.472 e. The van der Waals surface area contributed by atoms with Crippen molar-refractivity contribution >= 4 is 11.7 Å². The first kappa shape index (κ1) is 20.1. The third-order valence-electron chi connectivity index (χ3n) is 5.61. The SMILES string of the molecule is CCN(CC)CC(c1ccccc1)N1C(=O)C(c2ccccc2)Oc2cccnc21. The zero-order valence-electron chi connectivity index (χ0n) is 17.4. The molecule has 2 atom stereocenters. The summed E-state index contributed by atoms with van der Waals surface area (Å²) in [6.45, 7) is 6.84. The average Bonchev–Trinajstić information content (AvgIpc) is 2.81. The molecule has 1 aliphatic rings. The van der Waals surface area contributed by atoms with Crippen molar-refractivity contribution in [2.45, 2.75) is 26.0 Å². The van der Waals surface area contributed by atoms with Crippen LogP contribution in [0.3, 0.4) is 0 Å². The molecule has 3 aromatic rings. The topological polar surface area (TPSA) is 45.7 Å². The van der Waals surface area contributed by atoms with Crippen LogP contribution in [0.25, 0.3) is 0 Å². The first-order valence-electron chi connectivity index (χ1n) is 10.5. The third-order valence-corrected chi connectivity index (χ3v) is 5.61. The number of aromatic nitrogens is 1. The van der Waals surface area contributed by atoms with E-state index in [-0.39, 0.29) is 11.9 Å². The molecule has 30 heavy (non-hydrogen) atoms. The lowest BCUT2D eigenvalue weighted by molar-refractivity contribution is -0.127. The fourth-order valence-corrected chi connectivity index (χ4v) is 3.94. The van der Waals surface area contributed by atoms with E-state index in [0.29, 0.717) is 11.6 Å². The van der Waals surface area contributed by atoms with Gasteiger partial charge in [0.25, 0.3) is 5.91 Å². The molecule has 0 saturated carbocycles. The molecule has 5 nitrogen and oxygen atoms in total. The highest BCUT2D eigenvalue weighted by Gasteiger charge is 2.41. The zero-order valence-corrected chi connectivity index (χ0v) is 17.4. The van der Waals surface area contributed by atoms with E-state index in [1.807, 2.05) is 65.6 Å². The van der Waals surface area contributed by atoms with Crippen molar-refractivity contribution in [3.8, 4) is 5.75 Å². The van der Waals surface area contributed by atoms with Crippen molar-refractivity contribution in [1.29, 1.82) is 0 Å². The van der Waals surface area contributed by atoms with Gasteiger partial charge in [0, 0.05) is 18.3 Å². The van der Waals surface area contributed by atoms with Gasteiger partial charge in [-0.1, -0.05) is 74.5 Å². The summed E-state index contributed by atoms with van der Waals surface area (Å²) in [6, 6.07) is 23.4. The predicted molar refractivity (Wildman–Crippen MR) is 119 cm³/mol. The number of nitrogens with zero attached hydrogens (tertiary/aromatic N) is 3. The number of anilines is 1. The molecule has 0 saturated heterocycles. The van der Waals surface area contributed by atoms with Crippen LogP contribution in [0, 0.1) is 0 Å². The summed E-state index contributed by atoms with van der Waals surface area (Å²) in [5.74, 6) is 1.12. The van der Waals surface area contributed by atoms with Gasteiger partial charge in [0.2, 0.25) is 6.10 Å². The van der Waals surface area contributed by atoms with Crippen molar-refractivity contribution < 1.29 is 9.53 Å². The molecule has 1 aromatic heterocycles. The second-order valence-electron chi connectivity index (χ2n) is 7.35. The second kappa shape index (κ2) is 9.09. The Morgan fingerprint density at radius 1 is 0.967 bits per heavy atom. The van der Waals surface area contributed by atoms with Crippen LogP contribution in [0.1, 0.15) is 37.1 Å². The molecule has 0 bridgehead atoms. The predicted octanol–water partition coefficient (Wildman–Crippen LogP) is 4.63. The molecule has 0 spiro atoms. The van der Waals surface area contributed by atoms with Crippen molar-refractivity contribution in [3.05, 3.63) is 90.1 Å². The summed E-state index contributed by atoms with van der Waals surface area (Å²) in [5.41, 5.74) is 1.93.